The minimum absolute atomic E-state index is 0.794. The zero-order chi connectivity index (χ0) is 14.5. The highest BCUT2D eigenvalue weighted by Gasteiger charge is 2.31. The summed E-state index contributed by atoms with van der Waals surface area (Å²) in [4.78, 5) is 4.92. The van der Waals surface area contributed by atoms with Gasteiger partial charge in [0, 0.05) is 22.6 Å². The van der Waals surface area contributed by atoms with Crippen molar-refractivity contribution in [2.45, 2.75) is 74.0 Å². The van der Waals surface area contributed by atoms with Gasteiger partial charge in [0.05, 0.1) is 0 Å². The fraction of sp³-hybridized carbons (Fsp3) is 1.00. The number of nitrogens with zero attached hydrogens (tertiary/aromatic N) is 2. The van der Waals surface area contributed by atoms with Crippen molar-refractivity contribution in [3.05, 3.63) is 0 Å². The molecule has 0 heterocycles. The predicted molar refractivity (Wildman–Crippen MR) is 94.6 cm³/mol. The average Bonchev–Trinajstić information content (AvgIpc) is 2.45. The fourth-order valence-corrected chi connectivity index (χ4v) is 7.73. The third-order valence-electron chi connectivity index (χ3n) is 4.96. The largest absolute Gasteiger partial charge is 0.305 e. The van der Waals surface area contributed by atoms with Crippen LogP contribution in [-0.4, -0.2) is 60.6 Å². The lowest BCUT2D eigenvalue weighted by molar-refractivity contribution is 0.235. The molecule has 0 aromatic rings. The van der Waals surface area contributed by atoms with Gasteiger partial charge in [0.25, 0.3) is 0 Å². The third kappa shape index (κ3) is 4.56. The highest BCUT2D eigenvalue weighted by molar-refractivity contribution is 8.77. The van der Waals surface area contributed by atoms with Crippen molar-refractivity contribution < 1.29 is 0 Å². The second-order valence-electron chi connectivity index (χ2n) is 6.90. The van der Waals surface area contributed by atoms with Crippen LogP contribution in [0.1, 0.15) is 51.4 Å². The van der Waals surface area contributed by atoms with Crippen LogP contribution >= 0.6 is 21.6 Å². The van der Waals surface area contributed by atoms with Gasteiger partial charge in [-0.1, -0.05) is 47.3 Å². The number of hydrogen-bond donors (Lipinski definition) is 0. The predicted octanol–water partition coefficient (Wildman–Crippen LogP) is 4.11. The summed E-state index contributed by atoms with van der Waals surface area (Å²) in [7, 11) is 13.5. The summed E-state index contributed by atoms with van der Waals surface area (Å²) >= 11 is 0. The molecule has 118 valence electrons. The number of hydrogen-bond acceptors (Lipinski definition) is 4. The van der Waals surface area contributed by atoms with Gasteiger partial charge < -0.3 is 9.80 Å². The van der Waals surface area contributed by atoms with Gasteiger partial charge in [-0.15, -0.1) is 0 Å². The third-order valence-corrected chi connectivity index (χ3v) is 8.49. The Morgan fingerprint density at radius 1 is 0.600 bits per heavy atom. The second kappa shape index (κ2) is 8.30. The van der Waals surface area contributed by atoms with E-state index in [-0.39, 0.29) is 0 Å². The zero-order valence-corrected chi connectivity index (χ0v) is 15.3. The van der Waals surface area contributed by atoms with Gasteiger partial charge in [0.2, 0.25) is 0 Å². The fourth-order valence-electron chi connectivity index (χ4n) is 3.70. The summed E-state index contributed by atoms with van der Waals surface area (Å²) in [6.45, 7) is 0. The van der Waals surface area contributed by atoms with Crippen LogP contribution in [0.2, 0.25) is 0 Å². The Labute approximate surface area is 133 Å². The SMILES string of the molecule is CN(C)C1CCCCC1SSC1CCCCC1N(C)C. The van der Waals surface area contributed by atoms with Gasteiger partial charge in [-0.3, -0.25) is 0 Å². The van der Waals surface area contributed by atoms with E-state index in [9.17, 15) is 0 Å². The average molecular weight is 317 g/mol. The molecule has 2 rings (SSSR count). The first-order valence-corrected chi connectivity index (χ1v) is 10.5. The lowest BCUT2D eigenvalue weighted by Gasteiger charge is -2.39. The van der Waals surface area contributed by atoms with E-state index in [1.165, 1.54) is 51.4 Å². The molecule has 0 aromatic heterocycles. The van der Waals surface area contributed by atoms with Crippen molar-refractivity contribution >= 4 is 21.6 Å². The van der Waals surface area contributed by atoms with Gasteiger partial charge in [0.15, 0.2) is 0 Å². The standard InChI is InChI=1S/C16H32N2S2/c1-17(2)13-9-5-7-11-15(13)19-20-16-12-8-6-10-14(16)18(3)4/h13-16H,5-12H2,1-4H3. The molecule has 2 aliphatic carbocycles. The Bertz CT molecular complexity index is 256. The molecule has 4 atom stereocenters. The molecule has 0 spiro atoms. The molecule has 2 fully saturated rings. The molecule has 2 saturated carbocycles. The smallest absolute Gasteiger partial charge is 0.0307 e. The van der Waals surface area contributed by atoms with Gasteiger partial charge in [-0.25, -0.2) is 0 Å². The Balaban J connectivity index is 1.85. The molecule has 0 saturated heterocycles. The van der Waals surface area contributed by atoms with Crippen LogP contribution in [0.4, 0.5) is 0 Å². The summed E-state index contributed by atoms with van der Waals surface area (Å²) < 4.78 is 0. The lowest BCUT2D eigenvalue weighted by Crippen LogP contribution is -2.41. The van der Waals surface area contributed by atoms with E-state index in [4.69, 9.17) is 0 Å². The van der Waals surface area contributed by atoms with E-state index in [1.807, 2.05) is 0 Å². The first-order valence-electron chi connectivity index (χ1n) is 8.24. The molecule has 0 aliphatic heterocycles. The monoisotopic (exact) mass is 316 g/mol. The quantitative estimate of drug-likeness (QED) is 0.704. The van der Waals surface area contributed by atoms with Crippen molar-refractivity contribution in [3.8, 4) is 0 Å². The molecule has 0 aromatic carbocycles. The first-order chi connectivity index (χ1) is 9.59. The highest BCUT2D eigenvalue weighted by Crippen LogP contribution is 2.44. The van der Waals surface area contributed by atoms with Crippen LogP contribution in [0.3, 0.4) is 0 Å². The summed E-state index contributed by atoms with van der Waals surface area (Å²) in [6.07, 6.45) is 11.3. The molecule has 2 nitrogen and oxygen atoms in total. The molecular weight excluding hydrogens is 284 g/mol. The van der Waals surface area contributed by atoms with Crippen molar-refractivity contribution in [1.82, 2.24) is 9.80 Å². The zero-order valence-electron chi connectivity index (χ0n) is 13.7. The molecule has 0 amide bonds. The van der Waals surface area contributed by atoms with E-state index < -0.39 is 0 Å². The first kappa shape index (κ1) is 17.0. The van der Waals surface area contributed by atoms with Crippen LogP contribution < -0.4 is 0 Å². The maximum Gasteiger partial charge on any atom is 0.0307 e. The van der Waals surface area contributed by atoms with E-state index in [2.05, 4.69) is 59.6 Å². The molecule has 0 N–H and O–H groups in total. The Hall–Kier alpha value is 0.620. The van der Waals surface area contributed by atoms with Gasteiger partial charge in [-0.05, 0) is 53.9 Å². The summed E-state index contributed by atoms with van der Waals surface area (Å²) in [5, 5.41) is 1.68. The summed E-state index contributed by atoms with van der Waals surface area (Å²) in [5.41, 5.74) is 0. The highest BCUT2D eigenvalue weighted by atomic mass is 33.1. The second-order valence-corrected chi connectivity index (χ2v) is 9.65. The Morgan fingerprint density at radius 3 is 1.30 bits per heavy atom. The molecule has 4 heteroatoms. The maximum absolute atomic E-state index is 2.46. The van der Waals surface area contributed by atoms with Crippen LogP contribution in [0.15, 0.2) is 0 Å². The molecular formula is C16H32N2S2. The van der Waals surface area contributed by atoms with Gasteiger partial charge in [0.1, 0.15) is 0 Å². The molecule has 2 aliphatic rings. The van der Waals surface area contributed by atoms with Crippen molar-refractivity contribution in [2.75, 3.05) is 28.2 Å². The maximum atomic E-state index is 2.46. The van der Waals surface area contributed by atoms with Crippen LogP contribution in [-0.2, 0) is 0 Å². The normalized spacial score (nSPS) is 35.7. The van der Waals surface area contributed by atoms with E-state index in [0.29, 0.717) is 0 Å². The summed E-state index contributed by atoms with van der Waals surface area (Å²) in [5.74, 6) is 0. The molecule has 0 bridgehead atoms. The molecule has 4 unspecified atom stereocenters. The summed E-state index contributed by atoms with van der Waals surface area (Å²) in [6, 6.07) is 1.59. The minimum Gasteiger partial charge on any atom is -0.305 e. The molecule has 0 radical (unpaired) electrons. The van der Waals surface area contributed by atoms with E-state index in [0.717, 1.165) is 22.6 Å². The minimum atomic E-state index is 0.794. The van der Waals surface area contributed by atoms with Crippen LogP contribution in [0.25, 0.3) is 0 Å². The van der Waals surface area contributed by atoms with E-state index in [1.54, 1.807) is 0 Å². The lowest BCUT2D eigenvalue weighted by atomic mass is 9.94. The van der Waals surface area contributed by atoms with Crippen molar-refractivity contribution in [1.29, 1.82) is 0 Å². The van der Waals surface area contributed by atoms with E-state index >= 15 is 0 Å². The molecule has 20 heavy (non-hydrogen) atoms. The number of rotatable bonds is 5. The van der Waals surface area contributed by atoms with Gasteiger partial charge in [-0.2, -0.15) is 0 Å². The topological polar surface area (TPSA) is 6.48 Å². The van der Waals surface area contributed by atoms with Crippen LogP contribution in [0.5, 0.6) is 0 Å². The Kier molecular flexibility index (Phi) is 7.05. The van der Waals surface area contributed by atoms with Crippen molar-refractivity contribution in [3.63, 3.8) is 0 Å². The van der Waals surface area contributed by atoms with Gasteiger partial charge >= 0.3 is 0 Å². The van der Waals surface area contributed by atoms with Crippen molar-refractivity contribution in [2.24, 2.45) is 0 Å². The Morgan fingerprint density at radius 2 is 0.950 bits per heavy atom. The van der Waals surface area contributed by atoms with Crippen LogP contribution in [0, 0.1) is 0 Å².